The third-order valence-electron chi connectivity index (χ3n) is 4.35. The van der Waals surface area contributed by atoms with Gasteiger partial charge in [0.2, 0.25) is 0 Å². The normalized spacial score (nSPS) is 14.4. The Balaban J connectivity index is 0.00000261. The topological polar surface area (TPSA) is 41.6 Å². The van der Waals surface area contributed by atoms with Crippen molar-refractivity contribution in [2.45, 2.75) is 6.18 Å². The molecule has 146 valence electrons. The Kier molecular flexibility index (Phi) is 6.73. The molecule has 1 heterocycles. The van der Waals surface area contributed by atoms with E-state index in [4.69, 9.17) is 4.74 Å². The van der Waals surface area contributed by atoms with E-state index >= 15 is 0 Å². The van der Waals surface area contributed by atoms with Crippen LogP contribution in [0.1, 0.15) is 15.9 Å². The summed E-state index contributed by atoms with van der Waals surface area (Å²) in [5, 5.41) is 3.18. The first-order valence-corrected chi connectivity index (χ1v) is 8.26. The maximum Gasteiger partial charge on any atom is 0.419 e. The summed E-state index contributed by atoms with van der Waals surface area (Å²) >= 11 is 0. The molecule has 1 saturated heterocycles. The highest BCUT2D eigenvalue weighted by atomic mass is 35.5. The van der Waals surface area contributed by atoms with Crippen molar-refractivity contribution in [3.8, 4) is 16.9 Å². The van der Waals surface area contributed by atoms with Crippen LogP contribution in [0.25, 0.3) is 11.1 Å². The van der Waals surface area contributed by atoms with Gasteiger partial charge in [-0.05, 0) is 35.4 Å². The number of hydrogen-bond acceptors (Lipinski definition) is 3. The number of methoxy groups -OCH3 is 1. The molecular weight excluding hydrogens is 381 g/mol. The van der Waals surface area contributed by atoms with Crippen LogP contribution >= 0.6 is 12.4 Å². The van der Waals surface area contributed by atoms with E-state index in [1.807, 2.05) is 0 Å². The van der Waals surface area contributed by atoms with E-state index in [9.17, 15) is 18.0 Å². The molecule has 0 aromatic heterocycles. The van der Waals surface area contributed by atoms with Gasteiger partial charge in [0.1, 0.15) is 5.75 Å². The molecule has 1 aliphatic heterocycles. The number of alkyl halides is 3. The van der Waals surface area contributed by atoms with Crippen LogP contribution in [-0.2, 0) is 6.18 Å². The van der Waals surface area contributed by atoms with Crippen LogP contribution in [0.15, 0.2) is 42.5 Å². The molecule has 4 nitrogen and oxygen atoms in total. The quantitative estimate of drug-likeness (QED) is 0.851. The summed E-state index contributed by atoms with van der Waals surface area (Å²) in [5.41, 5.74) is 0.567. The van der Waals surface area contributed by atoms with Gasteiger partial charge in [-0.1, -0.05) is 18.2 Å². The van der Waals surface area contributed by atoms with Gasteiger partial charge in [0, 0.05) is 31.7 Å². The first kappa shape index (κ1) is 21.1. The van der Waals surface area contributed by atoms with Crippen molar-refractivity contribution < 1.29 is 22.7 Å². The van der Waals surface area contributed by atoms with Crippen LogP contribution in [0.4, 0.5) is 13.2 Å². The minimum Gasteiger partial charge on any atom is -0.496 e. The van der Waals surface area contributed by atoms with Crippen LogP contribution in [0.5, 0.6) is 5.75 Å². The zero-order valence-electron chi connectivity index (χ0n) is 14.7. The number of piperazine rings is 1. The van der Waals surface area contributed by atoms with Gasteiger partial charge in [0.15, 0.2) is 0 Å². The standard InChI is InChI=1S/C19H19F3N2O2.ClH/c1-26-17-6-5-14(12-16(17)19(20,21)22)13-3-2-4-15(11-13)18(25)24-9-7-23-8-10-24;/h2-6,11-12,23H,7-10H2,1H3;1H. The van der Waals surface area contributed by atoms with E-state index in [1.165, 1.54) is 13.2 Å². The molecule has 0 aliphatic carbocycles. The molecule has 1 amide bonds. The Morgan fingerprint density at radius 1 is 1.07 bits per heavy atom. The molecule has 1 aliphatic rings. The number of carbonyl (C=O) groups is 1. The summed E-state index contributed by atoms with van der Waals surface area (Å²) in [6, 6.07) is 10.6. The van der Waals surface area contributed by atoms with Crippen molar-refractivity contribution in [2.24, 2.45) is 0 Å². The number of benzene rings is 2. The molecule has 1 fully saturated rings. The van der Waals surface area contributed by atoms with Gasteiger partial charge in [-0.2, -0.15) is 13.2 Å². The lowest BCUT2D eigenvalue weighted by atomic mass is 9.99. The monoisotopic (exact) mass is 400 g/mol. The molecule has 0 bridgehead atoms. The fourth-order valence-electron chi connectivity index (χ4n) is 2.99. The van der Waals surface area contributed by atoms with Crippen molar-refractivity contribution in [1.82, 2.24) is 10.2 Å². The second kappa shape index (κ2) is 8.63. The second-order valence-corrected chi connectivity index (χ2v) is 6.04. The maximum atomic E-state index is 13.2. The average molecular weight is 401 g/mol. The van der Waals surface area contributed by atoms with E-state index in [2.05, 4.69) is 5.32 Å². The van der Waals surface area contributed by atoms with Crippen LogP contribution in [0, 0.1) is 0 Å². The van der Waals surface area contributed by atoms with Crippen molar-refractivity contribution in [2.75, 3.05) is 33.3 Å². The zero-order valence-corrected chi connectivity index (χ0v) is 15.5. The summed E-state index contributed by atoms with van der Waals surface area (Å²) in [7, 11) is 1.21. The Hall–Kier alpha value is -2.25. The van der Waals surface area contributed by atoms with Gasteiger partial charge in [-0.25, -0.2) is 0 Å². The van der Waals surface area contributed by atoms with Gasteiger partial charge in [0.05, 0.1) is 12.7 Å². The SMILES string of the molecule is COc1ccc(-c2cccc(C(=O)N3CCNCC3)c2)cc1C(F)(F)F.Cl. The Morgan fingerprint density at radius 3 is 2.37 bits per heavy atom. The second-order valence-electron chi connectivity index (χ2n) is 6.04. The number of nitrogens with one attached hydrogen (secondary N) is 1. The molecule has 2 aromatic carbocycles. The van der Waals surface area contributed by atoms with Crippen molar-refractivity contribution >= 4 is 18.3 Å². The molecule has 0 atom stereocenters. The van der Waals surface area contributed by atoms with Crippen molar-refractivity contribution in [1.29, 1.82) is 0 Å². The highest BCUT2D eigenvalue weighted by Gasteiger charge is 2.34. The van der Waals surface area contributed by atoms with Gasteiger partial charge in [-0.15, -0.1) is 12.4 Å². The fourth-order valence-corrected chi connectivity index (χ4v) is 2.99. The summed E-state index contributed by atoms with van der Waals surface area (Å²) in [6.45, 7) is 2.70. The van der Waals surface area contributed by atoms with Crippen molar-refractivity contribution in [3.63, 3.8) is 0 Å². The fraction of sp³-hybridized carbons (Fsp3) is 0.316. The smallest absolute Gasteiger partial charge is 0.419 e. The van der Waals surface area contributed by atoms with Gasteiger partial charge < -0.3 is 15.0 Å². The van der Waals surface area contributed by atoms with E-state index in [0.29, 0.717) is 29.8 Å². The van der Waals surface area contributed by atoms with Gasteiger partial charge in [0.25, 0.3) is 5.91 Å². The minimum absolute atomic E-state index is 0. The van der Waals surface area contributed by atoms with Crippen LogP contribution in [-0.4, -0.2) is 44.1 Å². The van der Waals surface area contributed by atoms with E-state index in [-0.39, 0.29) is 24.1 Å². The lowest BCUT2D eigenvalue weighted by molar-refractivity contribution is -0.138. The summed E-state index contributed by atoms with van der Waals surface area (Å²) in [5.74, 6) is -0.341. The Morgan fingerprint density at radius 2 is 1.74 bits per heavy atom. The third kappa shape index (κ3) is 4.73. The first-order chi connectivity index (χ1) is 12.4. The van der Waals surface area contributed by atoms with E-state index in [0.717, 1.165) is 19.2 Å². The van der Waals surface area contributed by atoms with E-state index < -0.39 is 11.7 Å². The highest BCUT2D eigenvalue weighted by Crippen LogP contribution is 2.38. The predicted molar refractivity (Wildman–Crippen MR) is 99.5 cm³/mol. The lowest BCUT2D eigenvalue weighted by Gasteiger charge is -2.27. The first-order valence-electron chi connectivity index (χ1n) is 8.26. The van der Waals surface area contributed by atoms with E-state index in [1.54, 1.807) is 35.2 Å². The molecular formula is C19H20ClF3N2O2. The lowest BCUT2D eigenvalue weighted by Crippen LogP contribution is -2.46. The molecule has 1 N–H and O–H groups in total. The molecule has 0 unspecified atom stereocenters. The van der Waals surface area contributed by atoms with Gasteiger partial charge >= 0.3 is 6.18 Å². The maximum absolute atomic E-state index is 13.2. The number of hydrogen-bond donors (Lipinski definition) is 1. The Bertz CT molecular complexity index is 806. The third-order valence-corrected chi connectivity index (χ3v) is 4.35. The van der Waals surface area contributed by atoms with Gasteiger partial charge in [-0.3, -0.25) is 4.79 Å². The predicted octanol–water partition coefficient (Wildman–Crippen LogP) is 3.85. The highest BCUT2D eigenvalue weighted by molar-refractivity contribution is 5.95. The van der Waals surface area contributed by atoms with Crippen LogP contribution < -0.4 is 10.1 Å². The van der Waals surface area contributed by atoms with Crippen LogP contribution in [0.2, 0.25) is 0 Å². The minimum atomic E-state index is -4.52. The molecule has 27 heavy (non-hydrogen) atoms. The largest absolute Gasteiger partial charge is 0.496 e. The Labute approximate surface area is 161 Å². The summed E-state index contributed by atoms with van der Waals surface area (Å²) < 4.78 is 44.5. The number of nitrogens with zero attached hydrogens (tertiary/aromatic N) is 1. The van der Waals surface area contributed by atoms with Crippen LogP contribution in [0.3, 0.4) is 0 Å². The number of halogens is 4. The summed E-state index contributed by atoms with van der Waals surface area (Å²) in [4.78, 5) is 14.3. The molecule has 0 saturated carbocycles. The molecule has 8 heteroatoms. The molecule has 3 rings (SSSR count). The number of rotatable bonds is 3. The zero-order chi connectivity index (χ0) is 18.7. The molecule has 0 spiro atoms. The number of ether oxygens (including phenoxy) is 1. The number of carbonyl (C=O) groups excluding carboxylic acids is 1. The summed E-state index contributed by atoms with van der Waals surface area (Å²) in [6.07, 6.45) is -4.52. The molecule has 2 aromatic rings. The average Bonchev–Trinajstić information content (AvgIpc) is 2.67. The molecule has 0 radical (unpaired) electrons. The number of amides is 1. The van der Waals surface area contributed by atoms with Crippen molar-refractivity contribution in [3.05, 3.63) is 53.6 Å².